The molecular formula is C15H17FN4. The van der Waals surface area contributed by atoms with Gasteiger partial charge in [0.1, 0.15) is 17.7 Å². The highest BCUT2D eigenvalue weighted by Gasteiger charge is 2.11. The standard InChI is InChI=1S/C15H17FN4/c1-2-13(18)8-14-19-6-7-20(14)10-12-5-3-4-11(9-17)15(12)16/h3-7,13H,2,8,10,18H2,1H3. The van der Waals surface area contributed by atoms with Crippen LogP contribution in [-0.4, -0.2) is 15.6 Å². The maximum Gasteiger partial charge on any atom is 0.145 e. The third-order valence-electron chi connectivity index (χ3n) is 3.31. The van der Waals surface area contributed by atoms with Crippen LogP contribution >= 0.6 is 0 Å². The average Bonchev–Trinajstić information content (AvgIpc) is 2.88. The molecule has 0 aliphatic rings. The lowest BCUT2D eigenvalue weighted by molar-refractivity contribution is 0.573. The molecule has 2 aromatic rings. The SMILES string of the molecule is CCC(N)Cc1nccn1Cc1cccc(C#N)c1F. The second kappa shape index (κ2) is 6.31. The number of nitrogens with zero attached hydrogens (tertiary/aromatic N) is 3. The van der Waals surface area contributed by atoms with Gasteiger partial charge in [0, 0.05) is 30.4 Å². The summed E-state index contributed by atoms with van der Waals surface area (Å²) < 4.78 is 15.9. The lowest BCUT2D eigenvalue weighted by Crippen LogP contribution is -2.23. The maximum absolute atomic E-state index is 14.0. The first-order chi connectivity index (χ1) is 9.65. The van der Waals surface area contributed by atoms with Gasteiger partial charge < -0.3 is 10.3 Å². The van der Waals surface area contributed by atoms with E-state index in [1.165, 1.54) is 6.07 Å². The van der Waals surface area contributed by atoms with Crippen LogP contribution in [0.3, 0.4) is 0 Å². The van der Waals surface area contributed by atoms with Crippen LogP contribution in [0.1, 0.15) is 30.3 Å². The van der Waals surface area contributed by atoms with Crippen LogP contribution in [0.2, 0.25) is 0 Å². The van der Waals surface area contributed by atoms with Gasteiger partial charge in [-0.1, -0.05) is 19.1 Å². The molecule has 20 heavy (non-hydrogen) atoms. The number of benzene rings is 1. The van der Waals surface area contributed by atoms with E-state index >= 15 is 0 Å². The van der Waals surface area contributed by atoms with Crippen molar-refractivity contribution in [3.05, 3.63) is 53.4 Å². The summed E-state index contributed by atoms with van der Waals surface area (Å²) in [5, 5.41) is 8.85. The first kappa shape index (κ1) is 14.2. The van der Waals surface area contributed by atoms with Gasteiger partial charge in [0.05, 0.1) is 12.1 Å². The Bertz CT molecular complexity index is 627. The smallest absolute Gasteiger partial charge is 0.145 e. The topological polar surface area (TPSA) is 67.6 Å². The Kier molecular flexibility index (Phi) is 4.49. The Morgan fingerprint density at radius 1 is 1.50 bits per heavy atom. The molecular weight excluding hydrogens is 255 g/mol. The molecule has 0 bridgehead atoms. The Balaban J connectivity index is 2.23. The summed E-state index contributed by atoms with van der Waals surface area (Å²) in [6, 6.07) is 6.74. The molecule has 1 aromatic carbocycles. The van der Waals surface area contributed by atoms with Crippen molar-refractivity contribution in [3.8, 4) is 6.07 Å². The molecule has 1 heterocycles. The third-order valence-corrected chi connectivity index (χ3v) is 3.31. The highest BCUT2D eigenvalue weighted by molar-refractivity contribution is 5.35. The summed E-state index contributed by atoms with van der Waals surface area (Å²) in [7, 11) is 0. The molecule has 2 N–H and O–H groups in total. The third kappa shape index (κ3) is 3.03. The predicted octanol–water partition coefficient (Wildman–Crippen LogP) is 2.22. The van der Waals surface area contributed by atoms with Crippen LogP contribution in [0.15, 0.2) is 30.6 Å². The van der Waals surface area contributed by atoms with E-state index in [1.54, 1.807) is 24.5 Å². The lowest BCUT2D eigenvalue weighted by atomic mass is 10.1. The highest BCUT2D eigenvalue weighted by atomic mass is 19.1. The number of rotatable bonds is 5. The fourth-order valence-corrected chi connectivity index (χ4v) is 2.02. The van der Waals surface area contributed by atoms with Gasteiger partial charge in [0.15, 0.2) is 0 Å². The van der Waals surface area contributed by atoms with Gasteiger partial charge >= 0.3 is 0 Å². The number of hydrogen-bond donors (Lipinski definition) is 1. The Hall–Kier alpha value is -2.19. The molecule has 0 aliphatic carbocycles. The Labute approximate surface area is 117 Å². The van der Waals surface area contributed by atoms with Crippen LogP contribution in [0.4, 0.5) is 4.39 Å². The largest absolute Gasteiger partial charge is 0.330 e. The Morgan fingerprint density at radius 3 is 3.00 bits per heavy atom. The van der Waals surface area contributed by atoms with Crippen molar-refractivity contribution in [1.82, 2.24) is 9.55 Å². The van der Waals surface area contributed by atoms with E-state index in [1.807, 2.05) is 17.6 Å². The zero-order valence-electron chi connectivity index (χ0n) is 11.4. The van der Waals surface area contributed by atoms with Gasteiger partial charge in [-0.25, -0.2) is 9.37 Å². The molecule has 1 aromatic heterocycles. The van der Waals surface area contributed by atoms with Gasteiger partial charge in [-0.2, -0.15) is 5.26 Å². The predicted molar refractivity (Wildman–Crippen MR) is 74.4 cm³/mol. The molecule has 104 valence electrons. The quantitative estimate of drug-likeness (QED) is 0.907. The highest BCUT2D eigenvalue weighted by Crippen LogP contribution is 2.15. The van der Waals surface area contributed by atoms with E-state index in [-0.39, 0.29) is 11.6 Å². The summed E-state index contributed by atoms with van der Waals surface area (Å²) in [4.78, 5) is 4.27. The van der Waals surface area contributed by atoms with E-state index in [4.69, 9.17) is 11.0 Å². The molecule has 0 aliphatic heterocycles. The van der Waals surface area contributed by atoms with Crippen molar-refractivity contribution in [3.63, 3.8) is 0 Å². The fourth-order valence-electron chi connectivity index (χ4n) is 2.02. The number of imidazole rings is 1. The van der Waals surface area contributed by atoms with Crippen LogP contribution in [0, 0.1) is 17.1 Å². The second-order valence-corrected chi connectivity index (χ2v) is 4.73. The first-order valence-corrected chi connectivity index (χ1v) is 6.58. The number of halogens is 1. The van der Waals surface area contributed by atoms with E-state index in [0.29, 0.717) is 18.5 Å². The zero-order valence-corrected chi connectivity index (χ0v) is 11.4. The maximum atomic E-state index is 14.0. The number of aromatic nitrogens is 2. The van der Waals surface area contributed by atoms with Gasteiger partial charge in [-0.3, -0.25) is 0 Å². The minimum Gasteiger partial charge on any atom is -0.330 e. The summed E-state index contributed by atoms with van der Waals surface area (Å²) in [5.74, 6) is 0.371. The van der Waals surface area contributed by atoms with Gasteiger partial charge in [-0.15, -0.1) is 0 Å². The summed E-state index contributed by atoms with van der Waals surface area (Å²) in [6.45, 7) is 2.38. The van der Waals surface area contributed by atoms with Crippen molar-refractivity contribution in [2.45, 2.75) is 32.4 Å². The van der Waals surface area contributed by atoms with Crippen molar-refractivity contribution in [1.29, 1.82) is 5.26 Å². The molecule has 0 fully saturated rings. The number of nitriles is 1. The van der Waals surface area contributed by atoms with Gasteiger partial charge in [0.25, 0.3) is 0 Å². The van der Waals surface area contributed by atoms with E-state index in [0.717, 1.165) is 12.2 Å². The second-order valence-electron chi connectivity index (χ2n) is 4.73. The van der Waals surface area contributed by atoms with Crippen molar-refractivity contribution < 1.29 is 4.39 Å². The molecule has 1 unspecified atom stereocenters. The van der Waals surface area contributed by atoms with Crippen LogP contribution in [0.25, 0.3) is 0 Å². The zero-order chi connectivity index (χ0) is 14.5. The molecule has 0 spiro atoms. The van der Waals surface area contributed by atoms with Crippen LogP contribution < -0.4 is 5.73 Å². The van der Waals surface area contributed by atoms with Crippen molar-refractivity contribution >= 4 is 0 Å². The molecule has 5 heteroatoms. The summed E-state index contributed by atoms with van der Waals surface area (Å²) in [6.07, 6.45) is 5.01. The molecule has 0 radical (unpaired) electrons. The molecule has 4 nitrogen and oxygen atoms in total. The molecule has 0 amide bonds. The molecule has 1 atom stereocenters. The fraction of sp³-hybridized carbons (Fsp3) is 0.333. The lowest BCUT2D eigenvalue weighted by Gasteiger charge is -2.12. The normalized spacial score (nSPS) is 12.1. The Morgan fingerprint density at radius 2 is 2.30 bits per heavy atom. The number of nitrogens with two attached hydrogens (primary N) is 1. The minimum atomic E-state index is -0.463. The monoisotopic (exact) mass is 272 g/mol. The number of hydrogen-bond acceptors (Lipinski definition) is 3. The van der Waals surface area contributed by atoms with Gasteiger partial charge in [0.2, 0.25) is 0 Å². The van der Waals surface area contributed by atoms with Crippen molar-refractivity contribution in [2.75, 3.05) is 0 Å². The average molecular weight is 272 g/mol. The first-order valence-electron chi connectivity index (χ1n) is 6.58. The molecule has 0 saturated heterocycles. The van der Waals surface area contributed by atoms with E-state index in [2.05, 4.69) is 4.98 Å². The summed E-state index contributed by atoms with van der Waals surface area (Å²) in [5.41, 5.74) is 6.48. The van der Waals surface area contributed by atoms with E-state index in [9.17, 15) is 4.39 Å². The summed E-state index contributed by atoms with van der Waals surface area (Å²) >= 11 is 0. The van der Waals surface area contributed by atoms with Crippen LogP contribution in [0.5, 0.6) is 0 Å². The van der Waals surface area contributed by atoms with Crippen molar-refractivity contribution in [2.24, 2.45) is 5.73 Å². The van der Waals surface area contributed by atoms with Gasteiger partial charge in [-0.05, 0) is 12.5 Å². The van der Waals surface area contributed by atoms with E-state index < -0.39 is 5.82 Å². The van der Waals surface area contributed by atoms with Crippen LogP contribution in [-0.2, 0) is 13.0 Å². The molecule has 2 rings (SSSR count). The molecule has 0 saturated carbocycles. The minimum absolute atomic E-state index is 0.0476.